The first-order valence-corrected chi connectivity index (χ1v) is 14.2. The number of hydrogen-bond acceptors (Lipinski definition) is 8. The number of para-hydroxylation sites is 2. The molecule has 0 saturated carbocycles. The van der Waals surface area contributed by atoms with Gasteiger partial charge in [-0.3, -0.25) is 9.97 Å². The van der Waals surface area contributed by atoms with Crippen molar-refractivity contribution in [3.05, 3.63) is 112 Å². The highest BCUT2D eigenvalue weighted by atomic mass is 35.5. The van der Waals surface area contributed by atoms with E-state index in [4.69, 9.17) is 26.1 Å². The maximum atomic E-state index is 9.70. The summed E-state index contributed by atoms with van der Waals surface area (Å²) in [6.45, 7) is 6.72. The summed E-state index contributed by atoms with van der Waals surface area (Å²) >= 11 is 6.71. The monoisotopic (exact) mass is 593 g/mol. The quantitative estimate of drug-likeness (QED) is 0.177. The molecule has 43 heavy (non-hydrogen) atoms. The Morgan fingerprint density at radius 1 is 0.930 bits per heavy atom. The number of pyridine rings is 1. The lowest BCUT2D eigenvalue weighted by Gasteiger charge is -2.25. The smallest absolute Gasteiger partial charge is 0.142 e. The van der Waals surface area contributed by atoms with E-state index in [0.29, 0.717) is 28.6 Å². The first-order chi connectivity index (χ1) is 20.8. The van der Waals surface area contributed by atoms with Crippen LogP contribution in [-0.2, 0) is 19.8 Å². The van der Waals surface area contributed by atoms with Gasteiger partial charge in [0.15, 0.2) is 0 Å². The Hall–Kier alpha value is -4.55. The van der Waals surface area contributed by atoms with Crippen molar-refractivity contribution in [3.8, 4) is 28.8 Å². The maximum Gasteiger partial charge on any atom is 0.142 e. The van der Waals surface area contributed by atoms with Gasteiger partial charge in [-0.1, -0.05) is 41.9 Å². The molecule has 0 bridgehead atoms. The van der Waals surface area contributed by atoms with E-state index >= 15 is 0 Å². The number of aliphatic hydroxyl groups excluding tert-OH is 1. The van der Waals surface area contributed by atoms with Crippen molar-refractivity contribution in [3.63, 3.8) is 0 Å². The SMILES string of the molecule is Cc1c(COc2cc(OCc3cncc(C#N)c3)c(CNC(C)(C)CO)cc2Cl)cccc1-c1cnc2ccccc2n1. The van der Waals surface area contributed by atoms with Crippen LogP contribution in [0.3, 0.4) is 0 Å². The highest BCUT2D eigenvalue weighted by molar-refractivity contribution is 6.32. The summed E-state index contributed by atoms with van der Waals surface area (Å²) in [4.78, 5) is 13.5. The fraction of sp³-hybridized carbons (Fsp3) is 0.235. The zero-order valence-electron chi connectivity index (χ0n) is 24.3. The van der Waals surface area contributed by atoms with Gasteiger partial charge in [0.1, 0.15) is 30.8 Å². The summed E-state index contributed by atoms with van der Waals surface area (Å²) in [5.74, 6) is 1.04. The minimum absolute atomic E-state index is 0.0338. The van der Waals surface area contributed by atoms with Gasteiger partial charge in [-0.05, 0) is 56.2 Å². The summed E-state index contributed by atoms with van der Waals surface area (Å²) < 4.78 is 12.5. The van der Waals surface area contributed by atoms with Crippen molar-refractivity contribution in [2.45, 2.75) is 46.1 Å². The molecule has 2 N–H and O–H groups in total. The summed E-state index contributed by atoms with van der Waals surface area (Å²) in [5.41, 5.74) is 7.02. The molecule has 218 valence electrons. The third-order valence-electron chi connectivity index (χ3n) is 7.14. The van der Waals surface area contributed by atoms with Crippen molar-refractivity contribution in [2.75, 3.05) is 6.61 Å². The molecule has 0 atom stereocenters. The number of hydrogen-bond donors (Lipinski definition) is 2. The van der Waals surface area contributed by atoms with E-state index in [1.807, 2.05) is 69.3 Å². The molecule has 3 aromatic carbocycles. The third kappa shape index (κ3) is 7.27. The minimum Gasteiger partial charge on any atom is -0.488 e. The number of nitriles is 1. The molecule has 0 amide bonds. The van der Waals surface area contributed by atoms with Gasteiger partial charge in [-0.2, -0.15) is 5.26 Å². The zero-order chi connectivity index (χ0) is 30.4. The molecular weight excluding hydrogens is 562 g/mol. The number of nitrogens with one attached hydrogen (secondary N) is 1. The van der Waals surface area contributed by atoms with Crippen LogP contribution in [0.25, 0.3) is 22.3 Å². The predicted molar refractivity (Wildman–Crippen MR) is 167 cm³/mol. The van der Waals surface area contributed by atoms with Gasteiger partial charge in [0.2, 0.25) is 0 Å². The molecule has 0 spiro atoms. The summed E-state index contributed by atoms with van der Waals surface area (Å²) in [7, 11) is 0. The molecular formula is C34H32ClN5O3. The molecule has 2 heterocycles. The second kappa shape index (κ2) is 13.2. The van der Waals surface area contributed by atoms with E-state index in [0.717, 1.165) is 44.5 Å². The number of ether oxygens (including phenoxy) is 2. The van der Waals surface area contributed by atoms with Crippen LogP contribution >= 0.6 is 11.6 Å². The Morgan fingerprint density at radius 3 is 2.51 bits per heavy atom. The van der Waals surface area contributed by atoms with Crippen LogP contribution in [0.1, 0.15) is 41.7 Å². The second-order valence-corrected chi connectivity index (χ2v) is 11.3. The largest absolute Gasteiger partial charge is 0.488 e. The van der Waals surface area contributed by atoms with E-state index < -0.39 is 5.54 Å². The number of fused-ring (bicyclic) bond motifs is 1. The molecule has 0 saturated heterocycles. The Balaban J connectivity index is 1.39. The molecule has 9 heteroatoms. The molecule has 0 aliphatic carbocycles. The normalized spacial score (nSPS) is 11.3. The number of aliphatic hydroxyl groups is 1. The molecule has 0 fully saturated rings. The van der Waals surface area contributed by atoms with Crippen molar-refractivity contribution < 1.29 is 14.6 Å². The van der Waals surface area contributed by atoms with Crippen molar-refractivity contribution >= 4 is 22.6 Å². The van der Waals surface area contributed by atoms with Crippen LogP contribution in [0.4, 0.5) is 0 Å². The zero-order valence-corrected chi connectivity index (χ0v) is 25.0. The number of nitrogens with zero attached hydrogens (tertiary/aromatic N) is 4. The van der Waals surface area contributed by atoms with Crippen LogP contribution < -0.4 is 14.8 Å². The van der Waals surface area contributed by atoms with E-state index in [1.54, 1.807) is 24.5 Å². The lowest BCUT2D eigenvalue weighted by molar-refractivity contribution is 0.186. The van der Waals surface area contributed by atoms with E-state index in [2.05, 4.69) is 21.4 Å². The molecule has 5 rings (SSSR count). The molecule has 0 radical (unpaired) electrons. The number of aromatic nitrogens is 3. The Kier molecular flexibility index (Phi) is 9.17. The minimum atomic E-state index is -0.498. The van der Waals surface area contributed by atoms with Gasteiger partial charge in [0, 0.05) is 47.2 Å². The lowest BCUT2D eigenvalue weighted by Crippen LogP contribution is -2.42. The van der Waals surface area contributed by atoms with E-state index in [-0.39, 0.29) is 19.8 Å². The van der Waals surface area contributed by atoms with Crippen LogP contribution in [0, 0.1) is 18.3 Å². The number of rotatable bonds is 11. The number of halogens is 1. The van der Waals surface area contributed by atoms with E-state index in [9.17, 15) is 10.4 Å². The van der Waals surface area contributed by atoms with Crippen LogP contribution in [-0.4, -0.2) is 32.2 Å². The Bertz CT molecular complexity index is 1800. The van der Waals surface area contributed by atoms with Crippen LogP contribution in [0.2, 0.25) is 5.02 Å². The highest BCUT2D eigenvalue weighted by Crippen LogP contribution is 2.35. The Labute approximate surface area is 255 Å². The highest BCUT2D eigenvalue weighted by Gasteiger charge is 2.19. The second-order valence-electron chi connectivity index (χ2n) is 10.9. The summed E-state index contributed by atoms with van der Waals surface area (Å²) in [6.07, 6.45) is 4.96. The maximum absolute atomic E-state index is 9.70. The summed E-state index contributed by atoms with van der Waals surface area (Å²) in [5, 5.41) is 22.7. The fourth-order valence-electron chi connectivity index (χ4n) is 4.50. The molecule has 0 aliphatic rings. The van der Waals surface area contributed by atoms with Gasteiger partial charge < -0.3 is 19.9 Å². The van der Waals surface area contributed by atoms with Crippen molar-refractivity contribution in [1.29, 1.82) is 5.26 Å². The third-order valence-corrected chi connectivity index (χ3v) is 7.44. The van der Waals surface area contributed by atoms with Gasteiger partial charge in [0.05, 0.1) is 40.1 Å². The molecule has 5 aromatic rings. The fourth-order valence-corrected chi connectivity index (χ4v) is 4.74. The van der Waals surface area contributed by atoms with Gasteiger partial charge in [0.25, 0.3) is 0 Å². The number of benzene rings is 3. The summed E-state index contributed by atoms with van der Waals surface area (Å²) in [6, 6.07) is 21.3. The first-order valence-electron chi connectivity index (χ1n) is 13.8. The standard InChI is InChI=1S/C34H32ClN5O3/c1-22-25(7-6-8-27(22)31-18-38-29-9-4-5-10-30(29)40-31)20-43-33-13-32(42-19-24-11-23(14-36)15-37-16-24)26(12-28(33)35)17-39-34(2,3)21-41/h4-13,15-16,18,39,41H,17,19-21H2,1-3H3. The van der Waals surface area contributed by atoms with Crippen LogP contribution in [0.5, 0.6) is 11.5 Å². The predicted octanol–water partition coefficient (Wildman–Crippen LogP) is 6.54. The molecule has 2 aromatic heterocycles. The average Bonchev–Trinajstić information content (AvgIpc) is 3.03. The lowest BCUT2D eigenvalue weighted by atomic mass is 10.0. The topological polar surface area (TPSA) is 113 Å². The van der Waals surface area contributed by atoms with E-state index in [1.165, 1.54) is 6.20 Å². The molecule has 0 aliphatic heterocycles. The molecule has 8 nitrogen and oxygen atoms in total. The average molecular weight is 594 g/mol. The van der Waals surface area contributed by atoms with Gasteiger partial charge >= 0.3 is 0 Å². The molecule has 0 unspecified atom stereocenters. The van der Waals surface area contributed by atoms with Crippen LogP contribution in [0.15, 0.2) is 79.3 Å². The van der Waals surface area contributed by atoms with Crippen molar-refractivity contribution in [1.82, 2.24) is 20.3 Å². The van der Waals surface area contributed by atoms with Gasteiger partial charge in [-0.15, -0.1) is 0 Å². The van der Waals surface area contributed by atoms with Crippen molar-refractivity contribution in [2.24, 2.45) is 0 Å². The Morgan fingerprint density at radius 2 is 1.72 bits per heavy atom. The van der Waals surface area contributed by atoms with Gasteiger partial charge in [-0.25, -0.2) is 4.98 Å². The first kappa shape index (κ1) is 29.9.